The molecule has 2 N–H and O–H groups in total. The first kappa shape index (κ1) is 11.0. The fourth-order valence-corrected chi connectivity index (χ4v) is 2.59. The van der Waals surface area contributed by atoms with E-state index in [2.05, 4.69) is 13.8 Å². The number of hydrogen-bond acceptors (Lipinski definition) is 2. The number of methoxy groups -OCH3 is 1. The summed E-state index contributed by atoms with van der Waals surface area (Å²) in [5, 5.41) is 0. The Labute approximate surface area is 81.8 Å². The number of rotatable bonds is 3. The quantitative estimate of drug-likeness (QED) is 0.732. The van der Waals surface area contributed by atoms with Crippen molar-refractivity contribution in [3.05, 3.63) is 0 Å². The highest BCUT2D eigenvalue weighted by atomic mass is 16.5. The van der Waals surface area contributed by atoms with Crippen LogP contribution in [0.25, 0.3) is 0 Å². The Morgan fingerprint density at radius 1 is 1.62 bits per heavy atom. The van der Waals surface area contributed by atoms with Gasteiger partial charge in [0.25, 0.3) is 0 Å². The van der Waals surface area contributed by atoms with E-state index in [0.29, 0.717) is 0 Å². The molecule has 1 saturated carbocycles. The van der Waals surface area contributed by atoms with Crippen molar-refractivity contribution in [1.82, 2.24) is 0 Å². The molecule has 0 amide bonds. The molecule has 0 aromatic heterocycles. The zero-order valence-electron chi connectivity index (χ0n) is 9.18. The Bertz CT molecular complexity index is 160. The second-order valence-electron chi connectivity index (χ2n) is 4.49. The second kappa shape index (κ2) is 4.43. The lowest BCUT2D eigenvalue weighted by Crippen LogP contribution is -2.51. The molecule has 78 valence electrons. The van der Waals surface area contributed by atoms with Crippen molar-refractivity contribution < 1.29 is 4.74 Å². The van der Waals surface area contributed by atoms with Crippen LogP contribution in [0.15, 0.2) is 0 Å². The van der Waals surface area contributed by atoms with Crippen molar-refractivity contribution in [2.75, 3.05) is 7.11 Å². The minimum atomic E-state index is -0.0214. The van der Waals surface area contributed by atoms with Crippen molar-refractivity contribution >= 4 is 0 Å². The van der Waals surface area contributed by atoms with Gasteiger partial charge in [-0.2, -0.15) is 0 Å². The first-order chi connectivity index (χ1) is 6.14. The summed E-state index contributed by atoms with van der Waals surface area (Å²) < 4.78 is 5.68. The lowest BCUT2D eigenvalue weighted by molar-refractivity contribution is -0.0713. The fraction of sp³-hybridized carbons (Fsp3) is 1.00. The normalized spacial score (nSPS) is 37.4. The van der Waals surface area contributed by atoms with Crippen LogP contribution in [0.1, 0.15) is 46.0 Å². The lowest BCUT2D eigenvalue weighted by atomic mass is 9.74. The van der Waals surface area contributed by atoms with Gasteiger partial charge in [-0.05, 0) is 25.2 Å². The van der Waals surface area contributed by atoms with E-state index in [1.807, 2.05) is 7.11 Å². The van der Waals surface area contributed by atoms with Crippen LogP contribution in [-0.4, -0.2) is 18.8 Å². The largest absolute Gasteiger partial charge is 0.377 e. The van der Waals surface area contributed by atoms with Crippen LogP contribution in [0.2, 0.25) is 0 Å². The van der Waals surface area contributed by atoms with Gasteiger partial charge < -0.3 is 10.5 Å². The van der Waals surface area contributed by atoms with Gasteiger partial charge in [0, 0.05) is 13.2 Å². The molecular weight excluding hydrogens is 162 g/mol. The topological polar surface area (TPSA) is 35.2 Å². The third-order valence-electron chi connectivity index (χ3n) is 3.51. The summed E-state index contributed by atoms with van der Waals surface area (Å²) in [6, 6.07) is 0.209. The Morgan fingerprint density at radius 2 is 2.31 bits per heavy atom. The number of nitrogens with two attached hydrogens (primary N) is 1. The van der Waals surface area contributed by atoms with Crippen LogP contribution < -0.4 is 5.73 Å². The van der Waals surface area contributed by atoms with E-state index in [4.69, 9.17) is 10.5 Å². The molecule has 0 aromatic carbocycles. The zero-order chi connectivity index (χ0) is 9.90. The molecular formula is C11H23NO. The van der Waals surface area contributed by atoms with E-state index in [0.717, 1.165) is 25.2 Å². The SMILES string of the molecule is CCC(N)C1(OC)CCCC(C)C1. The molecule has 0 radical (unpaired) electrons. The van der Waals surface area contributed by atoms with E-state index in [-0.39, 0.29) is 11.6 Å². The minimum Gasteiger partial charge on any atom is -0.377 e. The molecule has 1 fully saturated rings. The van der Waals surface area contributed by atoms with Gasteiger partial charge >= 0.3 is 0 Å². The molecule has 3 atom stereocenters. The van der Waals surface area contributed by atoms with Crippen LogP contribution in [0.4, 0.5) is 0 Å². The first-order valence-electron chi connectivity index (χ1n) is 5.45. The molecule has 0 bridgehead atoms. The van der Waals surface area contributed by atoms with Gasteiger partial charge in [-0.25, -0.2) is 0 Å². The van der Waals surface area contributed by atoms with Crippen LogP contribution in [0.3, 0.4) is 0 Å². The molecule has 2 nitrogen and oxygen atoms in total. The number of hydrogen-bond donors (Lipinski definition) is 1. The molecule has 1 aliphatic rings. The summed E-state index contributed by atoms with van der Waals surface area (Å²) in [7, 11) is 1.81. The molecule has 2 heteroatoms. The standard InChI is InChI=1S/C11H23NO/c1-4-10(12)11(13-3)7-5-6-9(2)8-11/h9-10H,4-8,12H2,1-3H3. The molecule has 1 rings (SSSR count). The van der Waals surface area contributed by atoms with E-state index in [1.54, 1.807) is 0 Å². The summed E-state index contributed by atoms with van der Waals surface area (Å²) in [4.78, 5) is 0. The van der Waals surface area contributed by atoms with Crippen molar-refractivity contribution in [1.29, 1.82) is 0 Å². The first-order valence-corrected chi connectivity index (χ1v) is 5.45. The number of ether oxygens (including phenoxy) is 1. The molecule has 0 spiro atoms. The van der Waals surface area contributed by atoms with E-state index in [1.165, 1.54) is 12.8 Å². The highest BCUT2D eigenvalue weighted by Gasteiger charge is 2.39. The van der Waals surface area contributed by atoms with Gasteiger partial charge in [-0.15, -0.1) is 0 Å². The summed E-state index contributed by atoms with van der Waals surface area (Å²) in [6.07, 6.45) is 5.90. The average Bonchev–Trinajstić information content (AvgIpc) is 2.16. The molecule has 0 aromatic rings. The van der Waals surface area contributed by atoms with Gasteiger partial charge in [-0.1, -0.05) is 26.7 Å². The van der Waals surface area contributed by atoms with Crippen molar-refractivity contribution in [3.63, 3.8) is 0 Å². The predicted molar refractivity (Wildman–Crippen MR) is 55.6 cm³/mol. The Morgan fingerprint density at radius 3 is 2.77 bits per heavy atom. The maximum atomic E-state index is 6.13. The van der Waals surface area contributed by atoms with Crippen LogP contribution in [0, 0.1) is 5.92 Å². The minimum absolute atomic E-state index is 0.0214. The van der Waals surface area contributed by atoms with Crippen molar-refractivity contribution in [2.45, 2.75) is 57.6 Å². The maximum absolute atomic E-state index is 6.13. The van der Waals surface area contributed by atoms with Crippen molar-refractivity contribution in [2.24, 2.45) is 11.7 Å². The molecule has 3 unspecified atom stereocenters. The van der Waals surface area contributed by atoms with Gasteiger partial charge in [0.2, 0.25) is 0 Å². The zero-order valence-corrected chi connectivity index (χ0v) is 9.18. The smallest absolute Gasteiger partial charge is 0.0831 e. The van der Waals surface area contributed by atoms with Gasteiger partial charge in [-0.3, -0.25) is 0 Å². The van der Waals surface area contributed by atoms with Gasteiger partial charge in [0.05, 0.1) is 5.60 Å². The summed E-state index contributed by atoms with van der Waals surface area (Å²) in [5.41, 5.74) is 6.11. The van der Waals surface area contributed by atoms with Gasteiger partial charge in [0.15, 0.2) is 0 Å². The Kier molecular flexibility index (Phi) is 3.74. The summed E-state index contributed by atoms with van der Waals surface area (Å²) in [6.45, 7) is 4.44. The van der Waals surface area contributed by atoms with Crippen LogP contribution >= 0.6 is 0 Å². The second-order valence-corrected chi connectivity index (χ2v) is 4.49. The maximum Gasteiger partial charge on any atom is 0.0831 e. The van der Waals surface area contributed by atoms with E-state index in [9.17, 15) is 0 Å². The Hall–Kier alpha value is -0.0800. The van der Waals surface area contributed by atoms with Crippen molar-refractivity contribution in [3.8, 4) is 0 Å². The van der Waals surface area contributed by atoms with E-state index >= 15 is 0 Å². The van der Waals surface area contributed by atoms with Gasteiger partial charge in [0.1, 0.15) is 0 Å². The lowest BCUT2D eigenvalue weighted by Gasteiger charge is -2.42. The third-order valence-corrected chi connectivity index (χ3v) is 3.51. The summed E-state index contributed by atoms with van der Waals surface area (Å²) >= 11 is 0. The summed E-state index contributed by atoms with van der Waals surface area (Å²) in [5.74, 6) is 0.770. The molecule has 0 aliphatic heterocycles. The van der Waals surface area contributed by atoms with E-state index < -0.39 is 0 Å². The monoisotopic (exact) mass is 185 g/mol. The van der Waals surface area contributed by atoms with Crippen LogP contribution in [-0.2, 0) is 4.74 Å². The highest BCUT2D eigenvalue weighted by molar-refractivity contribution is 4.94. The highest BCUT2D eigenvalue weighted by Crippen LogP contribution is 2.37. The predicted octanol–water partition coefficient (Wildman–Crippen LogP) is 2.32. The third kappa shape index (κ3) is 2.23. The van der Waals surface area contributed by atoms with Crippen LogP contribution in [0.5, 0.6) is 0 Å². The molecule has 0 heterocycles. The molecule has 0 saturated heterocycles. The fourth-order valence-electron chi connectivity index (χ4n) is 2.59. The molecule has 1 aliphatic carbocycles. The molecule has 13 heavy (non-hydrogen) atoms. The average molecular weight is 185 g/mol. The Balaban J connectivity index is 2.67.